The van der Waals surface area contributed by atoms with Gasteiger partial charge in [0.25, 0.3) is 0 Å². The Balaban J connectivity index is 2.18. The highest BCUT2D eigenvalue weighted by atomic mass is 35.5. The van der Waals surface area contributed by atoms with Crippen LogP contribution in [0.5, 0.6) is 0 Å². The van der Waals surface area contributed by atoms with Crippen LogP contribution in [0.2, 0.25) is 5.02 Å². The number of Topliss-reactive ketones (excluding diaryl/α,β-unsaturated/α-hetero) is 1. The van der Waals surface area contributed by atoms with E-state index in [-0.39, 0.29) is 17.2 Å². The van der Waals surface area contributed by atoms with Crippen molar-refractivity contribution in [2.75, 3.05) is 5.73 Å². The van der Waals surface area contributed by atoms with E-state index >= 15 is 0 Å². The molecule has 92 valence electrons. The van der Waals surface area contributed by atoms with Gasteiger partial charge in [0.1, 0.15) is 5.82 Å². The molecule has 2 aromatic carbocycles. The lowest BCUT2D eigenvalue weighted by molar-refractivity contribution is 0.0993. The first kappa shape index (κ1) is 12.6. The second-order valence-electron chi connectivity index (χ2n) is 3.97. The monoisotopic (exact) mass is 263 g/mol. The maximum atomic E-state index is 13.2. The molecule has 0 aliphatic carbocycles. The lowest BCUT2D eigenvalue weighted by Gasteiger charge is -2.03. The van der Waals surface area contributed by atoms with Gasteiger partial charge in [-0.1, -0.05) is 29.8 Å². The molecule has 0 saturated heterocycles. The maximum absolute atomic E-state index is 13.2. The van der Waals surface area contributed by atoms with E-state index in [0.717, 1.165) is 0 Å². The molecule has 0 heterocycles. The van der Waals surface area contributed by atoms with Gasteiger partial charge in [0.15, 0.2) is 5.78 Å². The Morgan fingerprint density at radius 1 is 1.22 bits per heavy atom. The van der Waals surface area contributed by atoms with Crippen molar-refractivity contribution < 1.29 is 9.18 Å². The van der Waals surface area contributed by atoms with Gasteiger partial charge in [0.05, 0.1) is 5.02 Å². The van der Waals surface area contributed by atoms with Gasteiger partial charge in [-0.3, -0.25) is 4.79 Å². The molecule has 18 heavy (non-hydrogen) atoms. The first-order valence-corrected chi connectivity index (χ1v) is 5.77. The van der Waals surface area contributed by atoms with Crippen molar-refractivity contribution >= 4 is 23.1 Å². The van der Waals surface area contributed by atoms with Gasteiger partial charge in [-0.2, -0.15) is 0 Å². The number of nitrogens with two attached hydrogens (primary N) is 1. The summed E-state index contributed by atoms with van der Waals surface area (Å²) in [6, 6.07) is 11.1. The summed E-state index contributed by atoms with van der Waals surface area (Å²) in [6.07, 6.45) is 0.123. The lowest BCUT2D eigenvalue weighted by atomic mass is 10.0. The molecule has 4 heteroatoms. The van der Waals surface area contributed by atoms with Crippen LogP contribution in [0.25, 0.3) is 0 Å². The first-order chi connectivity index (χ1) is 8.56. The summed E-state index contributed by atoms with van der Waals surface area (Å²) in [6.45, 7) is 0. The topological polar surface area (TPSA) is 43.1 Å². The van der Waals surface area contributed by atoms with Crippen LogP contribution >= 0.6 is 11.6 Å². The smallest absolute Gasteiger partial charge is 0.167 e. The summed E-state index contributed by atoms with van der Waals surface area (Å²) in [5.74, 6) is -0.626. The van der Waals surface area contributed by atoms with E-state index in [4.69, 9.17) is 17.3 Å². The number of ketones is 1. The van der Waals surface area contributed by atoms with Gasteiger partial charge in [0.2, 0.25) is 0 Å². The Morgan fingerprint density at radius 2 is 2.00 bits per heavy atom. The van der Waals surface area contributed by atoms with Crippen LogP contribution in [0.1, 0.15) is 15.9 Å². The molecule has 0 fully saturated rings. The summed E-state index contributed by atoms with van der Waals surface area (Å²) in [4.78, 5) is 12.0. The fourth-order valence-electron chi connectivity index (χ4n) is 1.65. The van der Waals surface area contributed by atoms with Crippen molar-refractivity contribution in [3.05, 3.63) is 64.4 Å². The number of anilines is 1. The van der Waals surface area contributed by atoms with Gasteiger partial charge >= 0.3 is 0 Å². The molecule has 0 amide bonds. The minimum absolute atomic E-state index is 0.0511. The molecule has 2 aromatic rings. The lowest BCUT2D eigenvalue weighted by Crippen LogP contribution is -2.04. The molecule has 0 saturated carbocycles. The SMILES string of the molecule is Nc1cccc(C(=O)Cc2ccc(Cl)c(F)c2)c1. The minimum atomic E-state index is -0.519. The Hall–Kier alpha value is -1.87. The Kier molecular flexibility index (Phi) is 3.63. The van der Waals surface area contributed by atoms with Crippen molar-refractivity contribution in [2.45, 2.75) is 6.42 Å². The molecule has 0 aromatic heterocycles. The third kappa shape index (κ3) is 2.87. The molecule has 0 bridgehead atoms. The van der Waals surface area contributed by atoms with Gasteiger partial charge in [-0.05, 0) is 29.8 Å². The summed E-state index contributed by atoms with van der Waals surface area (Å²) in [5, 5.41) is 0.0511. The van der Waals surface area contributed by atoms with E-state index in [1.807, 2.05) is 0 Å². The largest absolute Gasteiger partial charge is 0.399 e. The van der Waals surface area contributed by atoms with Crippen LogP contribution in [0.4, 0.5) is 10.1 Å². The predicted molar refractivity (Wildman–Crippen MR) is 70.3 cm³/mol. The Bertz CT molecular complexity index is 598. The standard InChI is InChI=1S/C14H11ClFNO/c15-12-5-4-9(6-13(12)16)7-14(18)10-2-1-3-11(17)8-10/h1-6,8H,7,17H2. The van der Waals surface area contributed by atoms with Crippen LogP contribution in [-0.4, -0.2) is 5.78 Å². The summed E-state index contributed by atoms with van der Waals surface area (Å²) in [5.41, 5.74) is 7.24. The average Bonchev–Trinajstić information content (AvgIpc) is 2.34. The normalized spacial score (nSPS) is 10.3. The molecule has 0 spiro atoms. The van der Waals surface area contributed by atoms with Crippen LogP contribution in [0.3, 0.4) is 0 Å². The molecular weight excluding hydrogens is 253 g/mol. The molecule has 0 radical (unpaired) electrons. The second-order valence-corrected chi connectivity index (χ2v) is 4.38. The quantitative estimate of drug-likeness (QED) is 0.680. The first-order valence-electron chi connectivity index (χ1n) is 5.39. The number of carbonyl (C=O) groups is 1. The highest BCUT2D eigenvalue weighted by Crippen LogP contribution is 2.17. The summed E-state index contributed by atoms with van der Waals surface area (Å²) >= 11 is 5.58. The van der Waals surface area contributed by atoms with Crippen LogP contribution < -0.4 is 5.73 Å². The van der Waals surface area contributed by atoms with Crippen molar-refractivity contribution in [3.63, 3.8) is 0 Å². The van der Waals surface area contributed by atoms with E-state index in [9.17, 15) is 9.18 Å². The maximum Gasteiger partial charge on any atom is 0.167 e. The number of carbonyl (C=O) groups excluding carboxylic acids is 1. The zero-order valence-electron chi connectivity index (χ0n) is 9.49. The highest BCUT2D eigenvalue weighted by molar-refractivity contribution is 6.30. The third-order valence-corrected chi connectivity index (χ3v) is 2.86. The minimum Gasteiger partial charge on any atom is -0.399 e. The molecule has 2 rings (SSSR count). The average molecular weight is 264 g/mol. The van der Waals surface area contributed by atoms with Crippen molar-refractivity contribution in [2.24, 2.45) is 0 Å². The van der Waals surface area contributed by atoms with Crippen LogP contribution in [0, 0.1) is 5.82 Å². The molecule has 0 aliphatic heterocycles. The number of benzene rings is 2. The van der Waals surface area contributed by atoms with E-state index in [2.05, 4.69) is 0 Å². The Morgan fingerprint density at radius 3 is 2.67 bits per heavy atom. The Labute approximate surface area is 109 Å². The third-order valence-electron chi connectivity index (χ3n) is 2.56. The van der Waals surface area contributed by atoms with Crippen molar-refractivity contribution in [1.82, 2.24) is 0 Å². The number of nitrogen functional groups attached to an aromatic ring is 1. The van der Waals surface area contributed by atoms with E-state index < -0.39 is 5.82 Å². The predicted octanol–water partition coefficient (Wildman–Crippen LogP) is 3.49. The van der Waals surface area contributed by atoms with E-state index in [1.54, 1.807) is 30.3 Å². The van der Waals surface area contributed by atoms with Crippen molar-refractivity contribution in [3.8, 4) is 0 Å². The van der Waals surface area contributed by atoms with E-state index in [0.29, 0.717) is 16.8 Å². The fraction of sp³-hybridized carbons (Fsp3) is 0.0714. The summed E-state index contributed by atoms with van der Waals surface area (Å²) in [7, 11) is 0. The second kappa shape index (κ2) is 5.19. The molecular formula is C14H11ClFNO. The zero-order chi connectivity index (χ0) is 13.1. The van der Waals surface area contributed by atoms with E-state index in [1.165, 1.54) is 12.1 Å². The van der Waals surface area contributed by atoms with Gasteiger partial charge < -0.3 is 5.73 Å². The van der Waals surface area contributed by atoms with Crippen LogP contribution in [0.15, 0.2) is 42.5 Å². The number of rotatable bonds is 3. The van der Waals surface area contributed by atoms with Gasteiger partial charge in [-0.15, -0.1) is 0 Å². The number of halogens is 2. The number of hydrogen-bond acceptors (Lipinski definition) is 2. The molecule has 2 nitrogen and oxygen atoms in total. The van der Waals surface area contributed by atoms with Gasteiger partial charge in [0, 0.05) is 17.7 Å². The molecule has 0 aliphatic rings. The summed E-state index contributed by atoms with van der Waals surface area (Å²) < 4.78 is 13.2. The fourth-order valence-corrected chi connectivity index (χ4v) is 1.77. The van der Waals surface area contributed by atoms with Crippen LogP contribution in [-0.2, 0) is 6.42 Å². The van der Waals surface area contributed by atoms with Crippen molar-refractivity contribution in [1.29, 1.82) is 0 Å². The zero-order valence-corrected chi connectivity index (χ0v) is 10.2. The molecule has 0 unspecified atom stereocenters. The number of hydrogen-bond donors (Lipinski definition) is 1. The van der Waals surface area contributed by atoms with Gasteiger partial charge in [-0.25, -0.2) is 4.39 Å². The molecule has 0 atom stereocenters. The highest BCUT2D eigenvalue weighted by Gasteiger charge is 2.09. The molecule has 2 N–H and O–H groups in total.